The Morgan fingerprint density at radius 3 is 2.45 bits per heavy atom. The molecule has 0 radical (unpaired) electrons. The third kappa shape index (κ3) is 6.35. The van der Waals surface area contributed by atoms with Crippen molar-refractivity contribution in [2.75, 3.05) is 6.61 Å². The van der Waals surface area contributed by atoms with Crippen molar-refractivity contribution in [3.63, 3.8) is 0 Å². The zero-order valence-corrected chi connectivity index (χ0v) is 24.1. The van der Waals surface area contributed by atoms with Crippen LogP contribution in [-0.4, -0.2) is 31.1 Å². The number of ether oxygens (including phenoxy) is 1. The van der Waals surface area contributed by atoms with Gasteiger partial charge in [-0.15, -0.1) is 0 Å². The first-order valence-corrected chi connectivity index (χ1v) is 14.6. The van der Waals surface area contributed by atoms with E-state index in [9.17, 15) is 22.4 Å². The Morgan fingerprint density at radius 2 is 1.79 bits per heavy atom. The van der Waals surface area contributed by atoms with Crippen LogP contribution in [0.5, 0.6) is 11.5 Å². The maximum Gasteiger partial charge on any atom is 0.339 e. The average molecular weight is 661 g/mol. The van der Waals surface area contributed by atoms with Gasteiger partial charge in [0.2, 0.25) is 0 Å². The summed E-state index contributed by atoms with van der Waals surface area (Å²) in [6.45, 7) is 1.79. The highest BCUT2D eigenvalue weighted by Crippen LogP contribution is 2.41. The van der Waals surface area contributed by atoms with Crippen molar-refractivity contribution in [1.29, 1.82) is 0 Å². The van der Waals surface area contributed by atoms with Crippen LogP contribution in [0.2, 0.25) is 10.0 Å². The van der Waals surface area contributed by atoms with Crippen molar-refractivity contribution < 1.29 is 31.3 Å². The molecule has 1 saturated heterocycles. The Hall–Kier alpha value is -2.57. The minimum Gasteiger partial charge on any atom is -0.490 e. The normalized spacial score (nSPS) is 14.9. The van der Waals surface area contributed by atoms with Gasteiger partial charge in [-0.05, 0) is 100 Å². The van der Waals surface area contributed by atoms with Crippen LogP contribution in [-0.2, 0) is 21.5 Å². The predicted molar refractivity (Wildman–Crippen MR) is 148 cm³/mol. The molecule has 1 heterocycles. The molecular weight excluding hydrogens is 644 g/mol. The molecule has 13 heteroatoms. The van der Waals surface area contributed by atoms with Crippen molar-refractivity contribution in [3.05, 3.63) is 91.0 Å². The molecule has 0 unspecified atom stereocenters. The molecule has 0 N–H and O–H groups in total. The predicted octanol–water partition coefficient (Wildman–Crippen LogP) is 7.30. The number of nitrogens with zero attached hydrogens (tertiary/aromatic N) is 1. The lowest BCUT2D eigenvalue weighted by Crippen LogP contribution is -2.27. The molecule has 2 amide bonds. The van der Waals surface area contributed by atoms with Gasteiger partial charge in [0.15, 0.2) is 11.5 Å². The molecule has 1 aliphatic rings. The summed E-state index contributed by atoms with van der Waals surface area (Å²) in [7, 11) is -4.22. The number of carbonyl (C=O) groups is 2. The number of halogens is 4. The molecule has 198 valence electrons. The standard InChI is InChI=1S/C25H17BrCl2FNO6S2/c1-2-35-21-10-14(9-19(26)23(21)36-38(33,34)18-7-4-16(27)5-8-18)11-22-24(31)30(25(32)37-22)13-15-3-6-17(29)12-20(15)28/h3-12H,2,13H2,1H3/b22-11-. The van der Waals surface area contributed by atoms with Crippen LogP contribution < -0.4 is 8.92 Å². The van der Waals surface area contributed by atoms with E-state index in [0.717, 1.165) is 22.7 Å². The second kappa shape index (κ2) is 11.7. The first kappa shape index (κ1) is 28.4. The summed E-state index contributed by atoms with van der Waals surface area (Å²) in [5, 5.41) is -0.0446. The van der Waals surface area contributed by atoms with E-state index in [2.05, 4.69) is 15.9 Å². The van der Waals surface area contributed by atoms with Gasteiger partial charge in [0.25, 0.3) is 11.1 Å². The van der Waals surface area contributed by atoms with Crippen molar-refractivity contribution >= 4 is 78.2 Å². The minimum atomic E-state index is -4.22. The Balaban J connectivity index is 1.62. The van der Waals surface area contributed by atoms with E-state index < -0.39 is 27.1 Å². The summed E-state index contributed by atoms with van der Waals surface area (Å²) < 4.78 is 50.2. The third-order valence-corrected chi connectivity index (χ3v) is 8.48. The highest BCUT2D eigenvalue weighted by Gasteiger charge is 2.35. The van der Waals surface area contributed by atoms with Crippen LogP contribution in [0.15, 0.2) is 68.9 Å². The molecule has 1 fully saturated rings. The average Bonchev–Trinajstić information content (AvgIpc) is 3.10. The fourth-order valence-corrected chi connectivity index (χ4v) is 6.18. The Labute approximate surface area is 240 Å². The molecule has 0 atom stereocenters. The molecule has 0 saturated carbocycles. The first-order chi connectivity index (χ1) is 18.0. The second-order valence-electron chi connectivity index (χ2n) is 7.76. The van der Waals surface area contributed by atoms with Crippen molar-refractivity contribution in [3.8, 4) is 11.5 Å². The van der Waals surface area contributed by atoms with E-state index in [-0.39, 0.29) is 43.9 Å². The van der Waals surface area contributed by atoms with Crippen molar-refractivity contribution in [1.82, 2.24) is 4.90 Å². The SMILES string of the molecule is CCOc1cc(/C=C2\SC(=O)N(Cc3ccc(F)cc3Cl)C2=O)cc(Br)c1OS(=O)(=O)c1ccc(Cl)cc1. The Kier molecular flexibility index (Phi) is 8.73. The number of carbonyl (C=O) groups excluding carboxylic acids is 2. The number of thioether (sulfide) groups is 1. The molecule has 0 aromatic heterocycles. The summed E-state index contributed by atoms with van der Waals surface area (Å²) >= 11 is 15.9. The number of hydrogen-bond donors (Lipinski definition) is 0. The molecule has 0 bridgehead atoms. The molecule has 0 aliphatic carbocycles. The number of amides is 2. The number of benzene rings is 3. The summed E-state index contributed by atoms with van der Waals surface area (Å²) in [6, 6.07) is 12.2. The van der Waals surface area contributed by atoms with Crippen molar-refractivity contribution in [2.45, 2.75) is 18.4 Å². The minimum absolute atomic E-state index is 0.0852. The number of imide groups is 1. The van der Waals surface area contributed by atoms with Crippen LogP contribution in [0.1, 0.15) is 18.1 Å². The van der Waals surface area contributed by atoms with Gasteiger partial charge in [0.1, 0.15) is 10.7 Å². The molecule has 4 rings (SSSR count). The van der Waals surface area contributed by atoms with Crippen LogP contribution in [0.25, 0.3) is 6.08 Å². The lowest BCUT2D eigenvalue weighted by molar-refractivity contribution is -0.123. The van der Waals surface area contributed by atoms with Gasteiger partial charge >= 0.3 is 10.1 Å². The van der Waals surface area contributed by atoms with E-state index >= 15 is 0 Å². The van der Waals surface area contributed by atoms with E-state index in [1.165, 1.54) is 54.6 Å². The highest BCUT2D eigenvalue weighted by atomic mass is 79.9. The summed E-state index contributed by atoms with van der Waals surface area (Å²) in [5.74, 6) is -1.07. The van der Waals surface area contributed by atoms with Gasteiger partial charge in [-0.2, -0.15) is 8.42 Å². The largest absolute Gasteiger partial charge is 0.490 e. The molecule has 3 aromatic carbocycles. The van der Waals surface area contributed by atoms with E-state index in [1.54, 1.807) is 6.92 Å². The zero-order valence-electron chi connectivity index (χ0n) is 19.4. The monoisotopic (exact) mass is 659 g/mol. The maximum absolute atomic E-state index is 13.4. The summed E-state index contributed by atoms with van der Waals surface area (Å²) in [5.41, 5.74) is 0.864. The topological polar surface area (TPSA) is 90.0 Å². The smallest absolute Gasteiger partial charge is 0.339 e. The molecule has 1 aliphatic heterocycles. The van der Waals surface area contributed by atoms with Crippen LogP contribution >= 0.6 is 50.9 Å². The van der Waals surface area contributed by atoms with Gasteiger partial charge in [0.05, 0.1) is 22.5 Å². The summed E-state index contributed by atoms with van der Waals surface area (Å²) in [4.78, 5) is 26.6. The quantitative estimate of drug-likeness (QED) is 0.185. The van der Waals surface area contributed by atoms with Gasteiger partial charge < -0.3 is 8.92 Å². The van der Waals surface area contributed by atoms with E-state index in [4.69, 9.17) is 32.1 Å². The zero-order chi connectivity index (χ0) is 27.6. The second-order valence-corrected chi connectivity index (χ2v) is 12.0. The molecular formula is C25H17BrCl2FNO6S2. The lowest BCUT2D eigenvalue weighted by atomic mass is 10.1. The van der Waals surface area contributed by atoms with Crippen LogP contribution in [0.4, 0.5) is 9.18 Å². The first-order valence-electron chi connectivity index (χ1n) is 10.8. The molecule has 7 nitrogen and oxygen atoms in total. The lowest BCUT2D eigenvalue weighted by Gasteiger charge is -2.15. The molecule has 38 heavy (non-hydrogen) atoms. The Morgan fingerprint density at radius 1 is 1.08 bits per heavy atom. The van der Waals surface area contributed by atoms with Gasteiger partial charge in [0, 0.05) is 10.0 Å². The van der Waals surface area contributed by atoms with Gasteiger partial charge in [-0.3, -0.25) is 14.5 Å². The van der Waals surface area contributed by atoms with Crippen LogP contribution in [0.3, 0.4) is 0 Å². The maximum atomic E-state index is 13.4. The fourth-order valence-electron chi connectivity index (χ4n) is 3.38. The molecule has 0 spiro atoms. The third-order valence-electron chi connectivity index (χ3n) is 5.14. The van der Waals surface area contributed by atoms with Gasteiger partial charge in [-0.1, -0.05) is 29.3 Å². The molecule has 3 aromatic rings. The highest BCUT2D eigenvalue weighted by molar-refractivity contribution is 9.10. The fraction of sp³-hybridized carbons (Fsp3) is 0.120. The van der Waals surface area contributed by atoms with E-state index in [0.29, 0.717) is 16.1 Å². The summed E-state index contributed by atoms with van der Waals surface area (Å²) in [6.07, 6.45) is 1.47. The number of rotatable bonds is 8. The van der Waals surface area contributed by atoms with E-state index in [1.807, 2.05) is 0 Å². The Bertz CT molecular complexity index is 1560. The van der Waals surface area contributed by atoms with Crippen LogP contribution in [0, 0.1) is 5.82 Å². The van der Waals surface area contributed by atoms with Gasteiger partial charge in [-0.25, -0.2) is 4.39 Å². The number of hydrogen-bond acceptors (Lipinski definition) is 7. The van der Waals surface area contributed by atoms with Crippen molar-refractivity contribution in [2.24, 2.45) is 0 Å².